The second kappa shape index (κ2) is 10.2. The van der Waals surface area contributed by atoms with E-state index in [0.717, 1.165) is 5.56 Å². The molecule has 0 radical (unpaired) electrons. The topological polar surface area (TPSA) is 84.9 Å². The van der Waals surface area contributed by atoms with Crippen LogP contribution in [0.15, 0.2) is 30.3 Å². The minimum Gasteiger partial charge on any atom is -0.459 e. The second-order valence-electron chi connectivity index (χ2n) is 6.09. The van der Waals surface area contributed by atoms with Gasteiger partial charge in [0, 0.05) is 11.5 Å². The van der Waals surface area contributed by atoms with Gasteiger partial charge < -0.3 is 19.9 Å². The molecule has 24 heavy (non-hydrogen) atoms. The van der Waals surface area contributed by atoms with Gasteiger partial charge in [0.15, 0.2) is 0 Å². The first kappa shape index (κ1) is 20.3. The lowest BCUT2D eigenvalue weighted by Crippen LogP contribution is -2.45. The quantitative estimate of drug-likeness (QED) is 0.550. The molecule has 1 aromatic rings. The van der Waals surface area contributed by atoms with Crippen LogP contribution < -0.4 is 5.32 Å². The van der Waals surface area contributed by atoms with Crippen molar-refractivity contribution in [3.63, 3.8) is 0 Å². The molecule has 0 fully saturated rings. The van der Waals surface area contributed by atoms with E-state index in [4.69, 9.17) is 14.6 Å². The van der Waals surface area contributed by atoms with Crippen LogP contribution >= 0.6 is 11.8 Å². The lowest BCUT2D eigenvalue weighted by molar-refractivity contribution is -0.146. The number of thioether (sulfide) groups is 1. The van der Waals surface area contributed by atoms with Gasteiger partial charge in [0.05, 0.1) is 6.61 Å². The van der Waals surface area contributed by atoms with Crippen molar-refractivity contribution in [2.75, 3.05) is 18.1 Å². The summed E-state index contributed by atoms with van der Waals surface area (Å²) in [5.41, 5.74) is 0.214. The molecular weight excluding hydrogens is 330 g/mol. The third kappa shape index (κ3) is 8.79. The molecule has 0 heterocycles. The SMILES string of the molecule is CC(C)(C)OC(=O)NC(CSCCO)C(=O)OCc1ccccc1. The molecule has 0 spiro atoms. The zero-order valence-corrected chi connectivity index (χ0v) is 15.1. The van der Waals surface area contributed by atoms with Gasteiger partial charge in [-0.2, -0.15) is 11.8 Å². The molecule has 1 unspecified atom stereocenters. The van der Waals surface area contributed by atoms with Crippen molar-refractivity contribution >= 4 is 23.8 Å². The van der Waals surface area contributed by atoms with E-state index >= 15 is 0 Å². The molecule has 0 bridgehead atoms. The highest BCUT2D eigenvalue weighted by molar-refractivity contribution is 7.99. The van der Waals surface area contributed by atoms with Crippen LogP contribution in [0.2, 0.25) is 0 Å². The van der Waals surface area contributed by atoms with Gasteiger partial charge in [0.2, 0.25) is 0 Å². The number of alkyl carbamates (subject to hydrolysis) is 1. The molecule has 0 saturated heterocycles. The van der Waals surface area contributed by atoms with Crippen molar-refractivity contribution in [1.29, 1.82) is 0 Å². The van der Waals surface area contributed by atoms with E-state index in [9.17, 15) is 9.59 Å². The number of hydrogen-bond acceptors (Lipinski definition) is 6. The van der Waals surface area contributed by atoms with E-state index in [1.165, 1.54) is 11.8 Å². The summed E-state index contributed by atoms with van der Waals surface area (Å²) in [5, 5.41) is 11.4. The van der Waals surface area contributed by atoms with Gasteiger partial charge in [0.1, 0.15) is 18.2 Å². The Hall–Kier alpha value is -1.73. The van der Waals surface area contributed by atoms with E-state index in [-0.39, 0.29) is 13.2 Å². The minimum atomic E-state index is -0.833. The lowest BCUT2D eigenvalue weighted by atomic mass is 10.2. The third-order valence-corrected chi connectivity index (χ3v) is 3.76. The summed E-state index contributed by atoms with van der Waals surface area (Å²) in [6.07, 6.45) is -0.672. The Balaban J connectivity index is 2.58. The zero-order chi connectivity index (χ0) is 18.0. The Morgan fingerprint density at radius 2 is 1.92 bits per heavy atom. The maximum atomic E-state index is 12.2. The standard InChI is InChI=1S/C17H25NO5S/c1-17(2,3)23-16(21)18-14(12-24-10-9-19)15(20)22-11-13-7-5-4-6-8-13/h4-8,14,19H,9-12H2,1-3H3,(H,18,21). The molecule has 2 N–H and O–H groups in total. The number of ether oxygens (including phenoxy) is 2. The monoisotopic (exact) mass is 355 g/mol. The third-order valence-electron chi connectivity index (χ3n) is 2.72. The number of carbonyl (C=O) groups excluding carboxylic acids is 2. The predicted octanol–water partition coefficient (Wildman–Crippen LogP) is 2.35. The molecule has 1 atom stereocenters. The number of carbonyl (C=O) groups is 2. The summed E-state index contributed by atoms with van der Waals surface area (Å²) in [6, 6.07) is 8.46. The van der Waals surface area contributed by atoms with Crippen LogP contribution in [0.4, 0.5) is 4.79 Å². The molecule has 1 rings (SSSR count). The van der Waals surface area contributed by atoms with Crippen molar-refractivity contribution in [2.45, 2.75) is 39.0 Å². The Kier molecular flexibility index (Phi) is 8.63. The molecule has 0 aliphatic carbocycles. The van der Waals surface area contributed by atoms with E-state index in [2.05, 4.69) is 5.32 Å². The number of amides is 1. The van der Waals surface area contributed by atoms with Crippen molar-refractivity contribution in [1.82, 2.24) is 5.32 Å². The maximum Gasteiger partial charge on any atom is 0.408 e. The van der Waals surface area contributed by atoms with Crippen molar-refractivity contribution < 1.29 is 24.2 Å². The average molecular weight is 355 g/mol. The van der Waals surface area contributed by atoms with Gasteiger partial charge in [-0.25, -0.2) is 9.59 Å². The van der Waals surface area contributed by atoms with Crippen LogP contribution in [0.5, 0.6) is 0 Å². The molecule has 6 nitrogen and oxygen atoms in total. The molecule has 0 aliphatic rings. The Morgan fingerprint density at radius 1 is 1.25 bits per heavy atom. The van der Waals surface area contributed by atoms with Crippen molar-refractivity contribution in [2.24, 2.45) is 0 Å². The smallest absolute Gasteiger partial charge is 0.408 e. The highest BCUT2D eigenvalue weighted by Gasteiger charge is 2.25. The van der Waals surface area contributed by atoms with Crippen LogP contribution in [0.3, 0.4) is 0 Å². The van der Waals surface area contributed by atoms with Crippen LogP contribution in [0.25, 0.3) is 0 Å². The van der Waals surface area contributed by atoms with Gasteiger partial charge in [-0.05, 0) is 26.3 Å². The highest BCUT2D eigenvalue weighted by atomic mass is 32.2. The summed E-state index contributed by atoms with van der Waals surface area (Å²) < 4.78 is 10.4. The fourth-order valence-corrected chi connectivity index (χ4v) is 2.46. The Labute approximate surface area is 146 Å². The number of hydrogen-bond donors (Lipinski definition) is 2. The summed E-state index contributed by atoms with van der Waals surface area (Å²) in [5.74, 6) is 0.237. The molecular formula is C17H25NO5S. The fourth-order valence-electron chi connectivity index (χ4n) is 1.71. The molecule has 0 aromatic heterocycles. The Bertz CT molecular complexity index is 515. The maximum absolute atomic E-state index is 12.2. The van der Waals surface area contributed by atoms with Gasteiger partial charge in [0.25, 0.3) is 0 Å². The zero-order valence-electron chi connectivity index (χ0n) is 14.3. The molecule has 7 heteroatoms. The van der Waals surface area contributed by atoms with Gasteiger partial charge >= 0.3 is 12.1 Å². The number of aliphatic hydroxyl groups is 1. The first-order valence-corrected chi connectivity index (χ1v) is 8.86. The summed E-state index contributed by atoms with van der Waals surface area (Å²) in [4.78, 5) is 24.1. The van der Waals surface area contributed by atoms with Crippen molar-refractivity contribution in [3.8, 4) is 0 Å². The minimum absolute atomic E-state index is 0.00286. The summed E-state index contributed by atoms with van der Waals surface area (Å²) >= 11 is 1.35. The normalized spacial score (nSPS) is 12.3. The van der Waals surface area contributed by atoms with E-state index in [1.807, 2.05) is 30.3 Å². The molecule has 1 aromatic carbocycles. The number of esters is 1. The summed E-state index contributed by atoms with van der Waals surface area (Å²) in [6.45, 7) is 5.38. The van der Waals surface area contributed by atoms with Gasteiger partial charge in [-0.15, -0.1) is 0 Å². The number of rotatable bonds is 8. The lowest BCUT2D eigenvalue weighted by Gasteiger charge is -2.22. The van der Waals surface area contributed by atoms with Crippen LogP contribution in [0, 0.1) is 0 Å². The highest BCUT2D eigenvalue weighted by Crippen LogP contribution is 2.10. The summed E-state index contributed by atoms with van der Waals surface area (Å²) in [7, 11) is 0. The van der Waals surface area contributed by atoms with E-state index < -0.39 is 23.7 Å². The van der Waals surface area contributed by atoms with Gasteiger partial charge in [-0.1, -0.05) is 30.3 Å². The largest absolute Gasteiger partial charge is 0.459 e. The molecule has 1 amide bonds. The first-order valence-electron chi connectivity index (χ1n) is 7.70. The fraction of sp³-hybridized carbons (Fsp3) is 0.529. The van der Waals surface area contributed by atoms with Gasteiger partial charge in [-0.3, -0.25) is 0 Å². The van der Waals surface area contributed by atoms with E-state index in [1.54, 1.807) is 20.8 Å². The van der Waals surface area contributed by atoms with Crippen LogP contribution in [-0.4, -0.2) is 46.9 Å². The first-order chi connectivity index (χ1) is 11.3. The van der Waals surface area contributed by atoms with Crippen molar-refractivity contribution in [3.05, 3.63) is 35.9 Å². The van der Waals surface area contributed by atoms with Crippen LogP contribution in [-0.2, 0) is 20.9 Å². The Morgan fingerprint density at radius 3 is 2.50 bits per heavy atom. The average Bonchev–Trinajstić information content (AvgIpc) is 2.51. The number of aliphatic hydroxyl groups excluding tert-OH is 1. The number of nitrogens with one attached hydrogen (secondary N) is 1. The second-order valence-corrected chi connectivity index (χ2v) is 7.24. The molecule has 0 saturated carbocycles. The predicted molar refractivity (Wildman–Crippen MR) is 93.8 cm³/mol. The number of benzene rings is 1. The van der Waals surface area contributed by atoms with E-state index in [0.29, 0.717) is 11.5 Å². The molecule has 0 aliphatic heterocycles. The van der Waals surface area contributed by atoms with Crippen LogP contribution in [0.1, 0.15) is 26.3 Å². The molecule has 134 valence electrons.